The number of hydrogen-bond donors (Lipinski definition) is 2. The molecular formula is C21H16N6O5S. The fraction of sp³-hybridized carbons (Fsp3) is 0.0476. The second kappa shape index (κ2) is 8.24. The first kappa shape index (κ1) is 20.5. The minimum Gasteiger partial charge on any atom is -0.454 e. The molecule has 0 fully saturated rings. The Balaban J connectivity index is 1.31. The number of carbonyl (C=O) groups excluding carboxylic acids is 1. The Bertz CT molecular complexity index is 1420. The maximum atomic E-state index is 12.9. The van der Waals surface area contributed by atoms with Crippen molar-refractivity contribution in [2.24, 2.45) is 0 Å². The zero-order chi connectivity index (χ0) is 22.8. The Morgan fingerprint density at radius 1 is 0.939 bits per heavy atom. The van der Waals surface area contributed by atoms with Crippen LogP contribution in [0.25, 0.3) is 5.69 Å². The van der Waals surface area contributed by atoms with E-state index in [-0.39, 0.29) is 17.3 Å². The summed E-state index contributed by atoms with van der Waals surface area (Å²) in [5.41, 5.74) is 1.76. The summed E-state index contributed by atoms with van der Waals surface area (Å²) in [6.07, 6.45) is 1.46. The largest absolute Gasteiger partial charge is 0.454 e. The summed E-state index contributed by atoms with van der Waals surface area (Å²) >= 11 is 0. The number of amides is 1. The van der Waals surface area contributed by atoms with Crippen molar-refractivity contribution in [2.75, 3.05) is 16.8 Å². The van der Waals surface area contributed by atoms with Crippen LogP contribution < -0.4 is 19.5 Å². The molecule has 2 heterocycles. The predicted molar refractivity (Wildman–Crippen MR) is 117 cm³/mol. The van der Waals surface area contributed by atoms with Gasteiger partial charge in [-0.3, -0.25) is 9.52 Å². The smallest absolute Gasteiger partial charge is 0.261 e. The van der Waals surface area contributed by atoms with E-state index in [1.165, 1.54) is 41.3 Å². The van der Waals surface area contributed by atoms with E-state index in [4.69, 9.17) is 9.47 Å². The van der Waals surface area contributed by atoms with Crippen LogP contribution in [0.5, 0.6) is 11.5 Å². The zero-order valence-electron chi connectivity index (χ0n) is 16.9. The van der Waals surface area contributed by atoms with E-state index in [0.717, 1.165) is 5.69 Å². The monoisotopic (exact) mass is 464 g/mol. The SMILES string of the molecule is O=C(Nc1ccc(-n2cnnn2)cc1)c1cccc(S(=O)(=O)Nc2ccc3c(c2)OCO3)c1. The number of benzene rings is 3. The molecule has 33 heavy (non-hydrogen) atoms. The molecule has 0 aliphatic carbocycles. The van der Waals surface area contributed by atoms with Crippen molar-refractivity contribution in [3.05, 3.63) is 78.6 Å². The van der Waals surface area contributed by atoms with Gasteiger partial charge in [-0.05, 0) is 65.0 Å². The summed E-state index contributed by atoms with van der Waals surface area (Å²) in [6.45, 7) is 0.0864. The van der Waals surface area contributed by atoms with Crippen molar-refractivity contribution in [1.82, 2.24) is 20.2 Å². The fourth-order valence-electron chi connectivity index (χ4n) is 3.16. The van der Waals surface area contributed by atoms with Gasteiger partial charge in [-0.15, -0.1) is 5.10 Å². The van der Waals surface area contributed by atoms with E-state index in [9.17, 15) is 13.2 Å². The number of carbonyl (C=O) groups is 1. The molecule has 0 saturated heterocycles. The van der Waals surface area contributed by atoms with Crippen LogP contribution in [-0.2, 0) is 10.0 Å². The van der Waals surface area contributed by atoms with Gasteiger partial charge < -0.3 is 14.8 Å². The minimum atomic E-state index is -3.94. The molecule has 1 aliphatic rings. The lowest BCUT2D eigenvalue weighted by atomic mass is 10.2. The zero-order valence-corrected chi connectivity index (χ0v) is 17.7. The number of sulfonamides is 1. The summed E-state index contributed by atoms with van der Waals surface area (Å²) in [5.74, 6) is 0.544. The van der Waals surface area contributed by atoms with Crippen molar-refractivity contribution in [2.45, 2.75) is 4.90 Å². The number of aromatic nitrogens is 4. The molecule has 166 valence electrons. The first-order chi connectivity index (χ1) is 16.0. The molecule has 1 amide bonds. The lowest BCUT2D eigenvalue weighted by molar-refractivity contribution is 0.102. The van der Waals surface area contributed by atoms with Crippen LogP contribution in [0.4, 0.5) is 11.4 Å². The second-order valence-corrected chi connectivity index (χ2v) is 8.64. The van der Waals surface area contributed by atoms with E-state index in [1.54, 1.807) is 36.4 Å². The topological polar surface area (TPSA) is 137 Å². The van der Waals surface area contributed by atoms with Gasteiger partial charge in [0.05, 0.1) is 16.3 Å². The molecule has 5 rings (SSSR count). The van der Waals surface area contributed by atoms with Crippen LogP contribution in [0.2, 0.25) is 0 Å². The normalized spacial score (nSPS) is 12.4. The third-order valence-corrected chi connectivity index (χ3v) is 6.15. The van der Waals surface area contributed by atoms with Gasteiger partial charge in [0.15, 0.2) is 11.5 Å². The van der Waals surface area contributed by atoms with Crippen LogP contribution >= 0.6 is 0 Å². The molecule has 0 bridgehead atoms. The van der Waals surface area contributed by atoms with Crippen LogP contribution in [0, 0.1) is 0 Å². The number of anilines is 2. The van der Waals surface area contributed by atoms with Gasteiger partial charge in [-0.1, -0.05) is 6.07 Å². The van der Waals surface area contributed by atoms with Crippen molar-refractivity contribution in [3.63, 3.8) is 0 Å². The van der Waals surface area contributed by atoms with Gasteiger partial charge in [0.1, 0.15) is 6.33 Å². The highest BCUT2D eigenvalue weighted by Gasteiger charge is 2.19. The Morgan fingerprint density at radius 2 is 1.73 bits per heavy atom. The van der Waals surface area contributed by atoms with Crippen LogP contribution in [-0.4, -0.2) is 41.3 Å². The maximum Gasteiger partial charge on any atom is 0.261 e. The lowest BCUT2D eigenvalue weighted by Crippen LogP contribution is -2.16. The molecule has 1 aromatic heterocycles. The highest BCUT2D eigenvalue weighted by molar-refractivity contribution is 7.92. The quantitative estimate of drug-likeness (QED) is 0.444. The van der Waals surface area contributed by atoms with E-state index < -0.39 is 15.9 Å². The summed E-state index contributed by atoms with van der Waals surface area (Å²) in [4.78, 5) is 12.6. The summed E-state index contributed by atoms with van der Waals surface area (Å²) in [6, 6.07) is 17.3. The van der Waals surface area contributed by atoms with Gasteiger partial charge >= 0.3 is 0 Å². The molecule has 0 radical (unpaired) electrons. The van der Waals surface area contributed by atoms with Gasteiger partial charge in [0.25, 0.3) is 15.9 Å². The molecule has 11 nitrogen and oxygen atoms in total. The van der Waals surface area contributed by atoms with E-state index in [1.807, 2.05) is 0 Å². The van der Waals surface area contributed by atoms with Crippen molar-refractivity contribution < 1.29 is 22.7 Å². The molecule has 12 heteroatoms. The summed E-state index contributed by atoms with van der Waals surface area (Å²) in [5, 5.41) is 13.7. The number of tetrazole rings is 1. The molecule has 4 aromatic rings. The summed E-state index contributed by atoms with van der Waals surface area (Å²) in [7, 11) is -3.94. The van der Waals surface area contributed by atoms with Crippen molar-refractivity contribution in [3.8, 4) is 17.2 Å². The Labute approximate surface area is 188 Å². The van der Waals surface area contributed by atoms with E-state index in [2.05, 4.69) is 25.6 Å². The number of ether oxygens (including phenoxy) is 2. The van der Waals surface area contributed by atoms with Crippen LogP contribution in [0.15, 0.2) is 78.0 Å². The third-order valence-electron chi connectivity index (χ3n) is 4.77. The van der Waals surface area contributed by atoms with Gasteiger partial charge in [0, 0.05) is 17.3 Å². The highest BCUT2D eigenvalue weighted by atomic mass is 32.2. The summed E-state index contributed by atoms with van der Waals surface area (Å²) < 4.78 is 40.2. The molecule has 2 N–H and O–H groups in total. The standard InChI is InChI=1S/C21H16N6O5S/c28-21(23-15-4-7-17(8-5-15)27-12-22-25-26-27)14-2-1-3-18(10-14)33(29,30)24-16-6-9-19-20(11-16)32-13-31-19/h1-12,24H,13H2,(H,23,28). The number of fused-ring (bicyclic) bond motifs is 1. The van der Waals surface area contributed by atoms with Crippen molar-refractivity contribution >= 4 is 27.3 Å². The fourth-order valence-corrected chi connectivity index (χ4v) is 4.25. The minimum absolute atomic E-state index is 0.0538. The maximum absolute atomic E-state index is 12.9. The Hall–Kier alpha value is -4.45. The van der Waals surface area contributed by atoms with E-state index >= 15 is 0 Å². The Kier molecular flexibility index (Phi) is 5.11. The molecule has 0 unspecified atom stereocenters. The van der Waals surface area contributed by atoms with E-state index in [0.29, 0.717) is 22.9 Å². The number of rotatable bonds is 6. The van der Waals surface area contributed by atoms with Crippen LogP contribution in [0.3, 0.4) is 0 Å². The molecule has 0 atom stereocenters. The number of nitrogens with one attached hydrogen (secondary N) is 2. The predicted octanol–water partition coefficient (Wildman–Crippen LogP) is 2.44. The molecular weight excluding hydrogens is 448 g/mol. The molecule has 0 saturated carbocycles. The lowest BCUT2D eigenvalue weighted by Gasteiger charge is -2.11. The molecule has 1 aliphatic heterocycles. The second-order valence-electron chi connectivity index (χ2n) is 6.96. The molecule has 0 spiro atoms. The number of nitrogens with zero attached hydrogens (tertiary/aromatic N) is 4. The number of hydrogen-bond acceptors (Lipinski definition) is 8. The molecule has 3 aromatic carbocycles. The Morgan fingerprint density at radius 3 is 2.52 bits per heavy atom. The van der Waals surface area contributed by atoms with Crippen molar-refractivity contribution in [1.29, 1.82) is 0 Å². The first-order valence-corrected chi connectivity index (χ1v) is 11.1. The van der Waals surface area contributed by atoms with Gasteiger partial charge in [-0.2, -0.15) is 0 Å². The highest BCUT2D eigenvalue weighted by Crippen LogP contribution is 2.34. The average Bonchev–Trinajstić information content (AvgIpc) is 3.51. The van der Waals surface area contributed by atoms with Crippen LogP contribution in [0.1, 0.15) is 10.4 Å². The van der Waals surface area contributed by atoms with Gasteiger partial charge in [0.2, 0.25) is 6.79 Å². The average molecular weight is 464 g/mol. The van der Waals surface area contributed by atoms with Gasteiger partial charge in [-0.25, -0.2) is 13.1 Å². The first-order valence-electron chi connectivity index (χ1n) is 9.65. The third kappa shape index (κ3) is 4.32.